The van der Waals surface area contributed by atoms with Gasteiger partial charge in [-0.25, -0.2) is 4.39 Å². The summed E-state index contributed by atoms with van der Waals surface area (Å²) in [6.07, 6.45) is 3.34. The summed E-state index contributed by atoms with van der Waals surface area (Å²) in [5.74, 6) is -2.05. The van der Waals surface area contributed by atoms with Crippen LogP contribution < -0.4 is 4.74 Å². The Hall–Kier alpha value is -1.51. The Morgan fingerprint density at radius 2 is 2.04 bits per heavy atom. The van der Waals surface area contributed by atoms with E-state index in [4.69, 9.17) is 14.2 Å². The highest BCUT2D eigenvalue weighted by Crippen LogP contribution is 2.46. The highest BCUT2D eigenvalue weighted by Gasteiger charge is 2.44. The van der Waals surface area contributed by atoms with Crippen molar-refractivity contribution in [1.29, 1.82) is 0 Å². The van der Waals surface area contributed by atoms with Gasteiger partial charge in [-0.1, -0.05) is 0 Å². The average Bonchev–Trinajstić information content (AvgIpc) is 2.89. The van der Waals surface area contributed by atoms with Crippen LogP contribution in [-0.4, -0.2) is 30.3 Å². The molecule has 0 amide bonds. The molecule has 0 N–H and O–H groups in total. The predicted octanol–water partition coefficient (Wildman–Crippen LogP) is 4.39. The van der Waals surface area contributed by atoms with Crippen LogP contribution in [0.25, 0.3) is 0 Å². The maximum absolute atomic E-state index is 14.0. The van der Waals surface area contributed by atoms with Crippen LogP contribution in [0.5, 0.6) is 5.75 Å². The third kappa shape index (κ3) is 3.88. The summed E-state index contributed by atoms with van der Waals surface area (Å²) in [4.78, 5) is 0. The zero-order valence-electron chi connectivity index (χ0n) is 15.7. The van der Waals surface area contributed by atoms with Crippen molar-refractivity contribution in [3.63, 3.8) is 0 Å². The Morgan fingerprint density at radius 1 is 1.30 bits per heavy atom. The lowest BCUT2D eigenvalue weighted by atomic mass is 9.75. The van der Waals surface area contributed by atoms with E-state index < -0.39 is 17.2 Å². The van der Waals surface area contributed by atoms with E-state index >= 15 is 0 Å². The largest absolute Gasteiger partial charge is 0.489 e. The highest BCUT2D eigenvalue weighted by molar-refractivity contribution is 9.10. The van der Waals surface area contributed by atoms with Gasteiger partial charge in [0.25, 0.3) is 0 Å². The number of aryl methyl sites for hydroxylation is 1. The first kappa shape index (κ1) is 20.2. The molecule has 2 aromatic rings. The van der Waals surface area contributed by atoms with Gasteiger partial charge in [-0.05, 0) is 54.2 Å². The van der Waals surface area contributed by atoms with Crippen LogP contribution in [0.2, 0.25) is 0 Å². The molecule has 8 heteroatoms. The van der Waals surface area contributed by atoms with E-state index in [-0.39, 0.29) is 19.1 Å². The van der Waals surface area contributed by atoms with Gasteiger partial charge >= 0.3 is 0 Å². The zero-order chi connectivity index (χ0) is 19.6. The molecule has 1 aliphatic carbocycles. The Morgan fingerprint density at radius 3 is 2.67 bits per heavy atom. The van der Waals surface area contributed by atoms with Gasteiger partial charge in [0.15, 0.2) is 11.6 Å². The molecular weight excluding hydrogens is 422 g/mol. The summed E-state index contributed by atoms with van der Waals surface area (Å²) >= 11 is 3.20. The molecule has 0 aliphatic heterocycles. The minimum absolute atomic E-state index is 0.118. The van der Waals surface area contributed by atoms with E-state index in [2.05, 4.69) is 21.0 Å². The standard InChI is InChI=1S/C19H23BrF2N2O3/c1-12-13(7-10-26-17-14(20)5-6-15(21)16(17)22)18(23-24(12)2)19(8-4-9-19)27-11-25-3/h5-6H,4,7-11H2,1-3H3. The summed E-state index contributed by atoms with van der Waals surface area (Å²) in [7, 11) is 3.48. The minimum atomic E-state index is -0.994. The van der Waals surface area contributed by atoms with Crippen molar-refractivity contribution in [3.8, 4) is 5.75 Å². The Labute approximate surface area is 165 Å². The normalized spacial score (nSPS) is 15.6. The van der Waals surface area contributed by atoms with Gasteiger partial charge in [0.2, 0.25) is 5.82 Å². The molecule has 148 valence electrons. The highest BCUT2D eigenvalue weighted by atomic mass is 79.9. The molecule has 0 atom stereocenters. The van der Waals surface area contributed by atoms with Crippen molar-refractivity contribution >= 4 is 15.9 Å². The molecule has 0 radical (unpaired) electrons. The van der Waals surface area contributed by atoms with Crippen molar-refractivity contribution in [1.82, 2.24) is 9.78 Å². The van der Waals surface area contributed by atoms with E-state index in [1.54, 1.807) is 7.11 Å². The predicted molar refractivity (Wildman–Crippen MR) is 99.7 cm³/mol. The average molecular weight is 445 g/mol. The molecule has 0 saturated heterocycles. The van der Waals surface area contributed by atoms with Crippen molar-refractivity contribution in [2.24, 2.45) is 7.05 Å². The smallest absolute Gasteiger partial charge is 0.201 e. The molecule has 1 aromatic heterocycles. The molecule has 1 fully saturated rings. The summed E-state index contributed by atoms with van der Waals surface area (Å²) < 4.78 is 46.2. The Balaban J connectivity index is 1.79. The Kier molecular flexibility index (Phi) is 6.18. The number of halogens is 3. The lowest BCUT2D eigenvalue weighted by Gasteiger charge is -2.40. The van der Waals surface area contributed by atoms with Crippen molar-refractivity contribution < 1.29 is 23.0 Å². The topological polar surface area (TPSA) is 45.5 Å². The Bertz CT molecular complexity index is 822. The molecule has 0 bridgehead atoms. The lowest BCUT2D eigenvalue weighted by molar-refractivity contribution is -0.173. The third-order valence-corrected chi connectivity index (χ3v) is 5.73. The number of nitrogens with zero attached hydrogens (tertiary/aromatic N) is 2. The molecule has 1 aromatic carbocycles. The van der Waals surface area contributed by atoms with Gasteiger partial charge in [0.1, 0.15) is 12.4 Å². The maximum Gasteiger partial charge on any atom is 0.201 e. The first-order valence-corrected chi connectivity index (χ1v) is 9.61. The number of benzene rings is 1. The fourth-order valence-corrected chi connectivity index (χ4v) is 3.75. The monoisotopic (exact) mass is 444 g/mol. The molecule has 1 aliphatic rings. The van der Waals surface area contributed by atoms with E-state index in [9.17, 15) is 8.78 Å². The second-order valence-electron chi connectivity index (χ2n) is 6.71. The van der Waals surface area contributed by atoms with Crippen LogP contribution >= 0.6 is 15.9 Å². The number of hydrogen-bond acceptors (Lipinski definition) is 4. The first-order chi connectivity index (χ1) is 12.9. The molecule has 27 heavy (non-hydrogen) atoms. The summed E-state index contributed by atoms with van der Waals surface area (Å²) in [6.45, 7) is 2.37. The van der Waals surface area contributed by atoms with Crippen LogP contribution in [0.15, 0.2) is 16.6 Å². The molecule has 1 saturated carbocycles. The minimum Gasteiger partial charge on any atom is -0.489 e. The van der Waals surface area contributed by atoms with Gasteiger partial charge in [-0.3, -0.25) is 4.68 Å². The van der Waals surface area contributed by atoms with Crippen molar-refractivity contribution in [3.05, 3.63) is 45.2 Å². The van der Waals surface area contributed by atoms with E-state index in [0.717, 1.165) is 42.3 Å². The summed E-state index contributed by atoms with van der Waals surface area (Å²) in [5, 5.41) is 4.67. The zero-order valence-corrected chi connectivity index (χ0v) is 17.2. The van der Waals surface area contributed by atoms with Gasteiger partial charge in [0, 0.05) is 31.8 Å². The molecule has 1 heterocycles. The SMILES string of the molecule is COCOC1(c2nn(C)c(C)c2CCOc2c(Br)ccc(F)c2F)CCC1. The second kappa shape index (κ2) is 8.24. The van der Waals surface area contributed by atoms with Gasteiger partial charge < -0.3 is 14.2 Å². The number of methoxy groups -OCH3 is 1. The molecule has 3 rings (SSSR count). The maximum atomic E-state index is 14.0. The lowest BCUT2D eigenvalue weighted by Crippen LogP contribution is -2.39. The molecule has 5 nitrogen and oxygen atoms in total. The summed E-state index contributed by atoms with van der Waals surface area (Å²) in [5.41, 5.74) is 2.45. The first-order valence-electron chi connectivity index (χ1n) is 8.82. The van der Waals surface area contributed by atoms with Crippen molar-refractivity contribution in [2.45, 2.75) is 38.2 Å². The van der Waals surface area contributed by atoms with Crippen LogP contribution in [0.4, 0.5) is 8.78 Å². The number of hydrogen-bond donors (Lipinski definition) is 0. The third-order valence-electron chi connectivity index (χ3n) is 5.10. The number of rotatable bonds is 8. The number of ether oxygens (including phenoxy) is 3. The van der Waals surface area contributed by atoms with Crippen LogP contribution in [-0.2, 0) is 28.5 Å². The van der Waals surface area contributed by atoms with Crippen LogP contribution in [0, 0.1) is 18.6 Å². The fraction of sp³-hybridized carbons (Fsp3) is 0.526. The molecular formula is C19H23BrF2N2O3. The summed E-state index contributed by atoms with van der Waals surface area (Å²) in [6, 6.07) is 2.49. The van der Waals surface area contributed by atoms with Crippen LogP contribution in [0.1, 0.15) is 36.2 Å². The van der Waals surface area contributed by atoms with Crippen LogP contribution in [0.3, 0.4) is 0 Å². The van der Waals surface area contributed by atoms with E-state index in [0.29, 0.717) is 10.9 Å². The molecule has 0 spiro atoms. The molecule has 0 unspecified atom stereocenters. The van der Waals surface area contributed by atoms with Crippen molar-refractivity contribution in [2.75, 3.05) is 20.5 Å². The van der Waals surface area contributed by atoms with Gasteiger partial charge in [-0.2, -0.15) is 9.49 Å². The van der Waals surface area contributed by atoms with E-state index in [1.165, 1.54) is 6.07 Å². The van der Waals surface area contributed by atoms with E-state index in [1.807, 2.05) is 18.7 Å². The quantitative estimate of drug-likeness (QED) is 0.447. The van der Waals surface area contributed by atoms with Gasteiger partial charge in [-0.15, -0.1) is 0 Å². The fourth-order valence-electron chi connectivity index (χ4n) is 3.33. The van der Waals surface area contributed by atoms with Gasteiger partial charge in [0.05, 0.1) is 16.8 Å². The second-order valence-corrected chi connectivity index (χ2v) is 7.56. The number of aromatic nitrogens is 2.